The highest BCUT2D eigenvalue weighted by Crippen LogP contribution is 2.49. The van der Waals surface area contributed by atoms with Crippen molar-refractivity contribution in [2.45, 2.75) is 71.9 Å². The predicted molar refractivity (Wildman–Crippen MR) is 174 cm³/mol. The Morgan fingerprint density at radius 1 is 0.875 bits per heavy atom. The second-order valence-electron chi connectivity index (χ2n) is 9.93. The summed E-state index contributed by atoms with van der Waals surface area (Å²) in [6.07, 6.45) is 5.44. The first-order valence-electron chi connectivity index (χ1n) is 14.7. The van der Waals surface area contributed by atoms with Gasteiger partial charge in [0.2, 0.25) is 0 Å². The Labute approximate surface area is 242 Å². The number of amides is 1. The summed E-state index contributed by atoms with van der Waals surface area (Å²) in [6, 6.07) is 23.3. The van der Waals surface area contributed by atoms with Gasteiger partial charge in [-0.1, -0.05) is 120 Å². The first kappa shape index (κ1) is 32.4. The average molecular weight is 540 g/mol. The minimum atomic E-state index is -0.136. The van der Waals surface area contributed by atoms with Gasteiger partial charge in [-0.25, -0.2) is 0 Å². The SMILES string of the molecule is C=C.C=C(NCc1ccccc1C(=C)NC1(c2cccc3ccccc23)CC1)C(=O)NCCC(CC)CC.CC. The third-order valence-corrected chi connectivity index (χ3v) is 7.55. The summed E-state index contributed by atoms with van der Waals surface area (Å²) in [5, 5.41) is 12.5. The van der Waals surface area contributed by atoms with Crippen LogP contribution in [0.5, 0.6) is 0 Å². The van der Waals surface area contributed by atoms with Gasteiger partial charge < -0.3 is 16.0 Å². The van der Waals surface area contributed by atoms with Crippen LogP contribution < -0.4 is 16.0 Å². The lowest BCUT2D eigenvalue weighted by molar-refractivity contribution is -0.117. The zero-order valence-corrected chi connectivity index (χ0v) is 25.1. The molecule has 1 saturated carbocycles. The number of nitrogens with one attached hydrogen (secondary N) is 3. The van der Waals surface area contributed by atoms with Crippen LogP contribution in [0.15, 0.2) is 98.7 Å². The Bertz CT molecular complexity index is 1250. The number of hydrogen-bond acceptors (Lipinski definition) is 3. The molecule has 0 aromatic heterocycles. The molecule has 0 atom stereocenters. The molecule has 0 bridgehead atoms. The van der Waals surface area contributed by atoms with Crippen LogP contribution in [-0.4, -0.2) is 12.5 Å². The van der Waals surface area contributed by atoms with Crippen LogP contribution in [0.4, 0.5) is 0 Å². The maximum Gasteiger partial charge on any atom is 0.266 e. The van der Waals surface area contributed by atoms with E-state index in [1.807, 2.05) is 26.0 Å². The molecule has 40 heavy (non-hydrogen) atoms. The fourth-order valence-corrected chi connectivity index (χ4v) is 5.03. The summed E-state index contributed by atoms with van der Waals surface area (Å²) in [5.41, 5.74) is 4.67. The van der Waals surface area contributed by atoms with Gasteiger partial charge in [-0.15, -0.1) is 13.2 Å². The van der Waals surface area contributed by atoms with Crippen molar-refractivity contribution in [2.75, 3.05) is 6.54 Å². The molecule has 0 spiro atoms. The summed E-state index contributed by atoms with van der Waals surface area (Å²) in [5.74, 6) is 0.517. The van der Waals surface area contributed by atoms with E-state index in [-0.39, 0.29) is 11.4 Å². The maximum atomic E-state index is 12.5. The van der Waals surface area contributed by atoms with E-state index in [4.69, 9.17) is 0 Å². The number of carbonyl (C=O) groups excluding carboxylic acids is 1. The van der Waals surface area contributed by atoms with E-state index >= 15 is 0 Å². The molecule has 3 N–H and O–H groups in total. The Balaban J connectivity index is 0.00000134. The van der Waals surface area contributed by atoms with Gasteiger partial charge in [0.05, 0.1) is 11.2 Å². The molecule has 3 aromatic carbocycles. The number of carbonyl (C=O) groups is 1. The molecule has 1 aliphatic carbocycles. The number of rotatable bonds is 13. The topological polar surface area (TPSA) is 53.2 Å². The Morgan fingerprint density at radius 2 is 1.50 bits per heavy atom. The van der Waals surface area contributed by atoms with Crippen molar-refractivity contribution in [1.82, 2.24) is 16.0 Å². The lowest BCUT2D eigenvalue weighted by atomic mass is 9.96. The van der Waals surface area contributed by atoms with Crippen LogP contribution in [0.1, 0.15) is 76.5 Å². The van der Waals surface area contributed by atoms with E-state index in [0.29, 0.717) is 24.7 Å². The van der Waals surface area contributed by atoms with Crippen molar-refractivity contribution in [1.29, 1.82) is 0 Å². The normalized spacial score (nSPS) is 12.7. The molecule has 0 aliphatic heterocycles. The minimum absolute atomic E-state index is 0.0865. The summed E-state index contributed by atoms with van der Waals surface area (Å²) in [7, 11) is 0. The van der Waals surface area contributed by atoms with Crippen LogP contribution >= 0.6 is 0 Å². The highest BCUT2D eigenvalue weighted by atomic mass is 16.2. The number of benzene rings is 3. The van der Waals surface area contributed by atoms with Crippen molar-refractivity contribution in [3.63, 3.8) is 0 Å². The third kappa shape index (κ3) is 8.35. The Hall–Kier alpha value is -3.79. The minimum Gasteiger partial charge on any atom is -0.377 e. The predicted octanol–water partition coefficient (Wildman–Crippen LogP) is 8.46. The molecule has 3 aromatic rings. The van der Waals surface area contributed by atoms with Gasteiger partial charge in [0.15, 0.2) is 0 Å². The lowest BCUT2D eigenvalue weighted by Crippen LogP contribution is -2.32. The summed E-state index contributed by atoms with van der Waals surface area (Å²) >= 11 is 0. The Kier molecular flexibility index (Phi) is 13.2. The fourth-order valence-electron chi connectivity index (χ4n) is 5.03. The number of fused-ring (bicyclic) bond motifs is 1. The van der Waals surface area contributed by atoms with E-state index in [2.05, 4.69) is 111 Å². The highest BCUT2D eigenvalue weighted by Gasteiger charge is 2.45. The Morgan fingerprint density at radius 3 is 2.17 bits per heavy atom. The van der Waals surface area contributed by atoms with E-state index in [1.54, 1.807) is 0 Å². The molecule has 0 saturated heterocycles. The molecule has 4 rings (SSSR count). The molecule has 1 aliphatic rings. The first-order valence-corrected chi connectivity index (χ1v) is 14.7. The molecule has 1 amide bonds. The summed E-state index contributed by atoms with van der Waals surface area (Å²) in [4.78, 5) is 12.5. The zero-order chi connectivity index (χ0) is 29.5. The average Bonchev–Trinajstić information content (AvgIpc) is 3.80. The number of hydrogen-bond donors (Lipinski definition) is 3. The second-order valence-corrected chi connectivity index (χ2v) is 9.93. The van der Waals surface area contributed by atoms with E-state index in [0.717, 1.165) is 48.9 Å². The highest BCUT2D eigenvalue weighted by molar-refractivity contribution is 5.92. The van der Waals surface area contributed by atoms with Crippen LogP contribution in [0.25, 0.3) is 16.5 Å². The van der Waals surface area contributed by atoms with Crippen molar-refractivity contribution >= 4 is 22.4 Å². The molecule has 0 radical (unpaired) electrons. The second kappa shape index (κ2) is 16.3. The summed E-state index contributed by atoms with van der Waals surface area (Å²) in [6.45, 7) is 24.0. The van der Waals surface area contributed by atoms with Gasteiger partial charge in [0, 0.05) is 24.4 Å². The van der Waals surface area contributed by atoms with Crippen molar-refractivity contribution in [2.24, 2.45) is 5.92 Å². The fraction of sp³-hybridized carbons (Fsp3) is 0.361. The van der Waals surface area contributed by atoms with Gasteiger partial charge in [-0.05, 0) is 47.1 Å². The first-order chi connectivity index (χ1) is 19.5. The molecule has 4 heteroatoms. The molecule has 1 fully saturated rings. The smallest absolute Gasteiger partial charge is 0.266 e. The van der Waals surface area contributed by atoms with Crippen LogP contribution in [0.2, 0.25) is 0 Å². The molecule has 0 heterocycles. The van der Waals surface area contributed by atoms with E-state index < -0.39 is 0 Å². The lowest BCUT2D eigenvalue weighted by Gasteiger charge is -2.24. The molecular weight excluding hydrogens is 490 g/mol. The van der Waals surface area contributed by atoms with Gasteiger partial charge in [-0.2, -0.15) is 0 Å². The molecule has 4 nitrogen and oxygen atoms in total. The van der Waals surface area contributed by atoms with E-state index in [9.17, 15) is 4.79 Å². The van der Waals surface area contributed by atoms with Gasteiger partial charge in [0.25, 0.3) is 5.91 Å². The van der Waals surface area contributed by atoms with Crippen LogP contribution in [0.3, 0.4) is 0 Å². The monoisotopic (exact) mass is 539 g/mol. The van der Waals surface area contributed by atoms with Gasteiger partial charge in [0.1, 0.15) is 0 Å². The largest absolute Gasteiger partial charge is 0.377 e. The van der Waals surface area contributed by atoms with E-state index in [1.165, 1.54) is 16.3 Å². The quantitative estimate of drug-likeness (QED) is 0.151. The van der Waals surface area contributed by atoms with Gasteiger partial charge >= 0.3 is 0 Å². The molecule has 214 valence electrons. The standard InChI is InChI=1S/C32H39N3O.C2H6.C2H4/c1-5-25(6-2)18-21-33-31(36)24(4)34-22-27-13-8-9-15-28(27)23(3)35-32(19-20-32)30-17-11-14-26-12-7-10-16-29(26)30;2*1-2/h7-17,25,34-35H,3-6,18-22H2,1-2H3,(H,33,36);1-2H3;1-2H2. The van der Waals surface area contributed by atoms with Crippen molar-refractivity contribution < 1.29 is 4.79 Å². The zero-order valence-electron chi connectivity index (χ0n) is 25.1. The van der Waals surface area contributed by atoms with Crippen LogP contribution in [-0.2, 0) is 16.9 Å². The van der Waals surface area contributed by atoms with Crippen LogP contribution in [0, 0.1) is 5.92 Å². The molecular formula is C36H49N3O. The maximum absolute atomic E-state index is 12.5. The van der Waals surface area contributed by atoms with Gasteiger partial charge in [-0.3, -0.25) is 4.79 Å². The third-order valence-electron chi connectivity index (χ3n) is 7.55. The van der Waals surface area contributed by atoms with Crippen molar-refractivity contribution in [3.8, 4) is 0 Å². The molecule has 0 unspecified atom stereocenters. The van der Waals surface area contributed by atoms with Crippen molar-refractivity contribution in [3.05, 3.63) is 115 Å². The summed E-state index contributed by atoms with van der Waals surface area (Å²) < 4.78 is 0.